The molecular weight excluding hydrogens is 288 g/mol. The molecule has 0 aromatic carbocycles. The van der Waals surface area contributed by atoms with Crippen LogP contribution in [0.2, 0.25) is 0 Å². The quantitative estimate of drug-likeness (QED) is 0.853. The summed E-state index contributed by atoms with van der Waals surface area (Å²) in [5.41, 5.74) is -0.456. The first-order chi connectivity index (χ1) is 7.79. The van der Waals surface area contributed by atoms with Gasteiger partial charge in [0.2, 0.25) is 0 Å². The average molecular weight is 301 g/mol. The predicted octanol–water partition coefficient (Wildman–Crippen LogP) is 2.94. The number of rotatable bonds is 2. The summed E-state index contributed by atoms with van der Waals surface area (Å²) in [7, 11) is 0. The summed E-state index contributed by atoms with van der Waals surface area (Å²) in [5.74, 6) is 0.134. The monoisotopic (exact) mass is 300 g/mol. The van der Waals surface area contributed by atoms with Gasteiger partial charge in [-0.15, -0.1) is 0 Å². The van der Waals surface area contributed by atoms with Gasteiger partial charge in [-0.1, -0.05) is 0 Å². The first-order valence-electron chi connectivity index (χ1n) is 4.92. The van der Waals surface area contributed by atoms with Gasteiger partial charge in [0.25, 0.3) is 0 Å². The van der Waals surface area contributed by atoms with Crippen molar-refractivity contribution in [3.05, 3.63) is 22.3 Å². The summed E-state index contributed by atoms with van der Waals surface area (Å²) in [5, 5.41) is 9.23. The SMILES string of the molecule is CC(C)(C)N(C(=O)O)c1nccc(Br)c1C=O. The smallest absolute Gasteiger partial charge is 0.413 e. The topological polar surface area (TPSA) is 70.5 Å². The van der Waals surface area contributed by atoms with Gasteiger partial charge in [-0.2, -0.15) is 0 Å². The third kappa shape index (κ3) is 2.82. The molecule has 0 saturated carbocycles. The zero-order valence-electron chi connectivity index (χ0n) is 9.77. The van der Waals surface area contributed by atoms with E-state index in [1.807, 2.05) is 0 Å². The van der Waals surface area contributed by atoms with E-state index < -0.39 is 11.6 Å². The molecule has 1 rings (SSSR count). The zero-order valence-corrected chi connectivity index (χ0v) is 11.4. The molecule has 0 unspecified atom stereocenters. The number of carboxylic acid groups (broad SMARTS) is 1. The third-order valence-corrected chi connectivity index (χ3v) is 2.80. The molecule has 0 bridgehead atoms. The van der Waals surface area contributed by atoms with Crippen molar-refractivity contribution < 1.29 is 14.7 Å². The lowest BCUT2D eigenvalue weighted by Crippen LogP contribution is -2.46. The second kappa shape index (κ2) is 4.83. The normalized spacial score (nSPS) is 11.1. The second-order valence-corrected chi connectivity index (χ2v) is 5.29. The minimum atomic E-state index is -1.15. The second-order valence-electron chi connectivity index (χ2n) is 4.44. The molecule has 1 N–H and O–H groups in total. The number of halogens is 1. The highest BCUT2D eigenvalue weighted by Gasteiger charge is 2.31. The van der Waals surface area contributed by atoms with Gasteiger partial charge < -0.3 is 5.11 Å². The van der Waals surface area contributed by atoms with E-state index in [0.29, 0.717) is 10.8 Å². The Hall–Kier alpha value is -1.43. The van der Waals surface area contributed by atoms with Gasteiger partial charge in [0.1, 0.15) is 5.82 Å². The molecule has 0 aliphatic carbocycles. The summed E-state index contributed by atoms with van der Waals surface area (Å²) in [6.07, 6.45) is 0.897. The van der Waals surface area contributed by atoms with Crippen molar-refractivity contribution in [3.8, 4) is 0 Å². The number of amides is 1. The summed E-state index contributed by atoms with van der Waals surface area (Å²) in [4.78, 5) is 27.3. The molecule has 0 fully saturated rings. The molecular formula is C11H13BrN2O3. The molecule has 1 amide bonds. The first kappa shape index (κ1) is 13.6. The van der Waals surface area contributed by atoms with Gasteiger partial charge in [-0.3, -0.25) is 9.69 Å². The molecule has 0 aliphatic rings. The van der Waals surface area contributed by atoms with Gasteiger partial charge in [0.15, 0.2) is 6.29 Å². The largest absolute Gasteiger partial charge is 0.465 e. The maximum Gasteiger partial charge on any atom is 0.413 e. The highest BCUT2D eigenvalue weighted by Crippen LogP contribution is 2.28. The van der Waals surface area contributed by atoms with Crippen LogP contribution in [0.4, 0.5) is 10.6 Å². The minimum Gasteiger partial charge on any atom is -0.465 e. The lowest BCUT2D eigenvalue weighted by atomic mass is 10.1. The Balaban J connectivity index is 3.44. The fourth-order valence-electron chi connectivity index (χ4n) is 1.42. The summed E-state index contributed by atoms with van der Waals surface area (Å²) < 4.78 is 0.521. The number of pyridine rings is 1. The van der Waals surface area contributed by atoms with Crippen LogP contribution in [0.3, 0.4) is 0 Å². The van der Waals surface area contributed by atoms with Crippen LogP contribution in [0.25, 0.3) is 0 Å². The number of hydrogen-bond donors (Lipinski definition) is 1. The number of nitrogens with zero attached hydrogens (tertiary/aromatic N) is 2. The van der Waals surface area contributed by atoms with E-state index in [-0.39, 0.29) is 11.4 Å². The van der Waals surface area contributed by atoms with E-state index in [9.17, 15) is 14.7 Å². The zero-order chi connectivity index (χ0) is 13.2. The molecule has 17 heavy (non-hydrogen) atoms. The van der Waals surface area contributed by atoms with Crippen molar-refractivity contribution in [2.45, 2.75) is 26.3 Å². The summed E-state index contributed by atoms with van der Waals surface area (Å²) >= 11 is 3.20. The van der Waals surface area contributed by atoms with Gasteiger partial charge in [0, 0.05) is 16.2 Å². The molecule has 92 valence electrons. The van der Waals surface area contributed by atoms with E-state index in [0.717, 1.165) is 4.90 Å². The molecule has 0 spiro atoms. The summed E-state index contributed by atoms with van der Waals surface area (Å²) in [6, 6.07) is 1.59. The van der Waals surface area contributed by atoms with Crippen LogP contribution in [0, 0.1) is 0 Å². The van der Waals surface area contributed by atoms with Gasteiger partial charge in [-0.05, 0) is 42.8 Å². The van der Waals surface area contributed by atoms with Gasteiger partial charge >= 0.3 is 6.09 Å². The fraction of sp³-hybridized carbons (Fsp3) is 0.364. The Kier molecular flexibility index (Phi) is 3.87. The van der Waals surface area contributed by atoms with Crippen LogP contribution >= 0.6 is 15.9 Å². The lowest BCUT2D eigenvalue weighted by molar-refractivity contribution is 0.112. The Morgan fingerprint density at radius 3 is 2.53 bits per heavy atom. The molecule has 0 radical (unpaired) electrons. The Morgan fingerprint density at radius 2 is 2.12 bits per heavy atom. The lowest BCUT2D eigenvalue weighted by Gasteiger charge is -2.32. The molecule has 1 aromatic rings. The van der Waals surface area contributed by atoms with Crippen LogP contribution in [0.15, 0.2) is 16.7 Å². The van der Waals surface area contributed by atoms with Crippen molar-refractivity contribution in [1.29, 1.82) is 0 Å². The van der Waals surface area contributed by atoms with Crippen molar-refractivity contribution in [2.24, 2.45) is 0 Å². The molecule has 5 nitrogen and oxygen atoms in total. The highest BCUT2D eigenvalue weighted by molar-refractivity contribution is 9.10. The number of carbonyl (C=O) groups is 2. The van der Waals surface area contributed by atoms with E-state index in [1.165, 1.54) is 6.20 Å². The van der Waals surface area contributed by atoms with Crippen LogP contribution in [0.1, 0.15) is 31.1 Å². The van der Waals surface area contributed by atoms with E-state index in [2.05, 4.69) is 20.9 Å². The van der Waals surface area contributed by atoms with E-state index >= 15 is 0 Å². The number of aldehydes is 1. The maximum absolute atomic E-state index is 11.3. The molecule has 1 aromatic heterocycles. The van der Waals surface area contributed by atoms with E-state index in [1.54, 1.807) is 26.8 Å². The number of anilines is 1. The third-order valence-electron chi connectivity index (χ3n) is 2.11. The predicted molar refractivity (Wildman–Crippen MR) is 67.6 cm³/mol. The molecule has 1 heterocycles. The fourth-order valence-corrected chi connectivity index (χ4v) is 1.81. The van der Waals surface area contributed by atoms with E-state index in [4.69, 9.17) is 0 Å². The van der Waals surface area contributed by atoms with Crippen molar-refractivity contribution in [3.63, 3.8) is 0 Å². The van der Waals surface area contributed by atoms with Gasteiger partial charge in [-0.25, -0.2) is 9.78 Å². The Bertz CT molecular complexity index is 455. The minimum absolute atomic E-state index is 0.134. The Labute approximate surface area is 108 Å². The average Bonchev–Trinajstić information content (AvgIpc) is 2.15. The standard InChI is InChI=1S/C11H13BrN2O3/c1-11(2,3)14(10(16)17)9-7(6-15)8(12)4-5-13-9/h4-6H,1-3H3,(H,16,17). The van der Waals surface area contributed by atoms with Crippen molar-refractivity contribution in [1.82, 2.24) is 4.98 Å². The van der Waals surface area contributed by atoms with Gasteiger partial charge in [0.05, 0.1) is 5.56 Å². The first-order valence-corrected chi connectivity index (χ1v) is 5.71. The molecule has 6 heteroatoms. The number of carbonyl (C=O) groups excluding carboxylic acids is 1. The number of hydrogen-bond acceptors (Lipinski definition) is 3. The van der Waals surface area contributed by atoms with Crippen molar-refractivity contribution in [2.75, 3.05) is 4.90 Å². The molecule has 0 atom stereocenters. The summed E-state index contributed by atoms with van der Waals surface area (Å²) in [6.45, 7) is 5.20. The Morgan fingerprint density at radius 1 is 1.53 bits per heavy atom. The van der Waals surface area contributed by atoms with Crippen LogP contribution in [-0.4, -0.2) is 28.0 Å². The van der Waals surface area contributed by atoms with Crippen molar-refractivity contribution >= 4 is 34.1 Å². The molecule has 0 saturated heterocycles. The highest BCUT2D eigenvalue weighted by atomic mass is 79.9. The number of aromatic nitrogens is 1. The molecule has 0 aliphatic heterocycles. The maximum atomic E-state index is 11.3. The van der Waals surface area contributed by atoms with Crippen LogP contribution in [-0.2, 0) is 0 Å². The van der Waals surface area contributed by atoms with Crippen LogP contribution in [0.5, 0.6) is 0 Å². The van der Waals surface area contributed by atoms with Crippen LogP contribution < -0.4 is 4.90 Å².